The van der Waals surface area contributed by atoms with Crippen LogP contribution >= 0.6 is 11.6 Å². The van der Waals surface area contributed by atoms with Crippen LogP contribution in [0.4, 0.5) is 5.69 Å². The molecule has 2 saturated heterocycles. The van der Waals surface area contributed by atoms with Crippen molar-refractivity contribution < 1.29 is 0 Å². The lowest BCUT2D eigenvalue weighted by Crippen LogP contribution is -2.48. The number of rotatable bonds is 3. The Balaban J connectivity index is 1.52. The van der Waals surface area contributed by atoms with Gasteiger partial charge in [-0.1, -0.05) is 17.7 Å². The Morgan fingerprint density at radius 2 is 2.05 bits per heavy atom. The molecule has 2 heterocycles. The minimum absolute atomic E-state index is 0.681. The van der Waals surface area contributed by atoms with Gasteiger partial charge < -0.3 is 10.2 Å². The van der Waals surface area contributed by atoms with E-state index in [-0.39, 0.29) is 0 Å². The predicted molar refractivity (Wildman–Crippen MR) is 85.7 cm³/mol. The van der Waals surface area contributed by atoms with Gasteiger partial charge in [-0.05, 0) is 44.0 Å². The molecule has 4 heteroatoms. The van der Waals surface area contributed by atoms with Gasteiger partial charge in [0.15, 0.2) is 0 Å². The van der Waals surface area contributed by atoms with E-state index in [1.807, 2.05) is 12.1 Å². The summed E-state index contributed by atoms with van der Waals surface area (Å²) >= 11 is 6.08. The molecule has 0 aliphatic carbocycles. The van der Waals surface area contributed by atoms with Crippen molar-refractivity contribution >= 4 is 17.3 Å². The average molecular weight is 294 g/mol. The molecule has 0 radical (unpaired) electrons. The molecule has 0 amide bonds. The third kappa shape index (κ3) is 3.27. The zero-order valence-electron chi connectivity index (χ0n) is 12.2. The quantitative estimate of drug-likeness (QED) is 0.924. The van der Waals surface area contributed by atoms with E-state index in [2.05, 4.69) is 34.2 Å². The van der Waals surface area contributed by atoms with E-state index in [0.717, 1.165) is 37.1 Å². The van der Waals surface area contributed by atoms with Gasteiger partial charge in [0.05, 0.1) is 0 Å². The molecule has 2 unspecified atom stereocenters. The van der Waals surface area contributed by atoms with E-state index < -0.39 is 0 Å². The summed E-state index contributed by atoms with van der Waals surface area (Å²) in [5, 5.41) is 4.38. The number of piperazine rings is 1. The van der Waals surface area contributed by atoms with Crippen LogP contribution in [0.15, 0.2) is 24.3 Å². The van der Waals surface area contributed by atoms with Crippen molar-refractivity contribution in [3.63, 3.8) is 0 Å². The maximum atomic E-state index is 6.08. The van der Waals surface area contributed by atoms with Crippen LogP contribution in [0, 0.1) is 5.92 Å². The fourth-order valence-electron chi connectivity index (χ4n) is 3.36. The maximum absolute atomic E-state index is 6.08. The number of nitrogens with zero attached hydrogens (tertiary/aromatic N) is 2. The molecule has 2 aliphatic rings. The molecule has 0 saturated carbocycles. The molecule has 20 heavy (non-hydrogen) atoms. The van der Waals surface area contributed by atoms with Crippen LogP contribution in [0.2, 0.25) is 5.02 Å². The second-order valence-electron chi connectivity index (χ2n) is 6.06. The van der Waals surface area contributed by atoms with Gasteiger partial charge in [-0.2, -0.15) is 0 Å². The van der Waals surface area contributed by atoms with E-state index in [1.54, 1.807) is 0 Å². The summed E-state index contributed by atoms with van der Waals surface area (Å²) in [6, 6.07) is 8.89. The number of hydrogen-bond donors (Lipinski definition) is 1. The molecule has 0 aromatic heterocycles. The normalized spacial score (nSPS) is 28.0. The molecule has 1 aromatic rings. The minimum atomic E-state index is 0.681. The van der Waals surface area contributed by atoms with Crippen LogP contribution in [0.1, 0.15) is 13.3 Å². The Morgan fingerprint density at radius 1 is 1.25 bits per heavy atom. The molecule has 2 aliphatic heterocycles. The van der Waals surface area contributed by atoms with Gasteiger partial charge in [0.2, 0.25) is 0 Å². The van der Waals surface area contributed by atoms with Crippen molar-refractivity contribution in [2.75, 3.05) is 44.2 Å². The first-order chi connectivity index (χ1) is 9.72. The van der Waals surface area contributed by atoms with E-state index >= 15 is 0 Å². The third-order valence-corrected chi connectivity index (χ3v) is 4.96. The summed E-state index contributed by atoms with van der Waals surface area (Å²) in [4.78, 5) is 5.06. The van der Waals surface area contributed by atoms with Gasteiger partial charge in [-0.15, -0.1) is 0 Å². The first-order valence-electron chi connectivity index (χ1n) is 7.68. The second kappa shape index (κ2) is 6.33. The molecular weight excluding hydrogens is 270 g/mol. The molecule has 2 atom stereocenters. The van der Waals surface area contributed by atoms with Gasteiger partial charge in [0, 0.05) is 49.5 Å². The highest BCUT2D eigenvalue weighted by molar-refractivity contribution is 6.30. The van der Waals surface area contributed by atoms with Gasteiger partial charge in [0.25, 0.3) is 0 Å². The van der Waals surface area contributed by atoms with E-state index in [9.17, 15) is 0 Å². The minimum Gasteiger partial charge on any atom is -0.369 e. The average Bonchev–Trinajstić information content (AvgIpc) is 2.85. The molecule has 110 valence electrons. The number of nitrogens with one attached hydrogen (secondary N) is 1. The summed E-state index contributed by atoms with van der Waals surface area (Å²) in [6.45, 7) is 9.29. The van der Waals surface area contributed by atoms with Crippen molar-refractivity contribution in [2.24, 2.45) is 5.92 Å². The highest BCUT2D eigenvalue weighted by Crippen LogP contribution is 2.22. The fourth-order valence-corrected chi connectivity index (χ4v) is 3.54. The number of anilines is 1. The molecule has 1 N–H and O–H groups in total. The van der Waals surface area contributed by atoms with Crippen LogP contribution < -0.4 is 10.2 Å². The lowest BCUT2D eigenvalue weighted by molar-refractivity contribution is 0.212. The monoisotopic (exact) mass is 293 g/mol. The summed E-state index contributed by atoms with van der Waals surface area (Å²) in [7, 11) is 0. The third-order valence-electron chi connectivity index (χ3n) is 4.73. The zero-order valence-corrected chi connectivity index (χ0v) is 12.9. The van der Waals surface area contributed by atoms with Crippen molar-refractivity contribution in [1.29, 1.82) is 0 Å². The molecule has 1 aromatic carbocycles. The highest BCUT2D eigenvalue weighted by atomic mass is 35.5. The molecular formula is C16H24ClN3. The highest BCUT2D eigenvalue weighted by Gasteiger charge is 2.26. The van der Waals surface area contributed by atoms with Crippen molar-refractivity contribution in [3.8, 4) is 0 Å². The molecule has 2 fully saturated rings. The van der Waals surface area contributed by atoms with Gasteiger partial charge >= 0.3 is 0 Å². The van der Waals surface area contributed by atoms with Gasteiger partial charge in [-0.25, -0.2) is 0 Å². The Kier molecular flexibility index (Phi) is 4.49. The fraction of sp³-hybridized carbons (Fsp3) is 0.625. The first kappa shape index (κ1) is 14.2. The standard InChI is InChI=1S/C16H24ClN3/c1-13-14(5-6-18-13)12-19-7-9-20(10-8-19)16-4-2-3-15(17)11-16/h2-4,11,13-14,18H,5-10,12H2,1H3. The van der Waals surface area contributed by atoms with E-state index in [1.165, 1.54) is 25.2 Å². The molecule has 3 rings (SSSR count). The van der Waals surface area contributed by atoms with Crippen molar-refractivity contribution in [2.45, 2.75) is 19.4 Å². The number of hydrogen-bond acceptors (Lipinski definition) is 3. The molecule has 3 nitrogen and oxygen atoms in total. The van der Waals surface area contributed by atoms with Gasteiger partial charge in [0.1, 0.15) is 0 Å². The second-order valence-corrected chi connectivity index (χ2v) is 6.50. The number of benzene rings is 1. The Morgan fingerprint density at radius 3 is 2.70 bits per heavy atom. The summed E-state index contributed by atoms with van der Waals surface area (Å²) in [5.41, 5.74) is 1.26. The summed E-state index contributed by atoms with van der Waals surface area (Å²) in [6.07, 6.45) is 1.33. The molecule has 0 bridgehead atoms. The van der Waals surface area contributed by atoms with E-state index in [0.29, 0.717) is 6.04 Å². The van der Waals surface area contributed by atoms with Crippen LogP contribution in [-0.2, 0) is 0 Å². The lowest BCUT2D eigenvalue weighted by Gasteiger charge is -2.37. The Labute approximate surface area is 126 Å². The topological polar surface area (TPSA) is 18.5 Å². The van der Waals surface area contributed by atoms with Crippen molar-refractivity contribution in [1.82, 2.24) is 10.2 Å². The largest absolute Gasteiger partial charge is 0.369 e. The van der Waals surface area contributed by atoms with Crippen molar-refractivity contribution in [3.05, 3.63) is 29.3 Å². The van der Waals surface area contributed by atoms with Crippen LogP contribution in [0.3, 0.4) is 0 Å². The Hall–Kier alpha value is -0.770. The predicted octanol–water partition coefficient (Wildman–Crippen LogP) is 2.46. The Bertz CT molecular complexity index is 443. The summed E-state index contributed by atoms with van der Waals surface area (Å²) < 4.78 is 0. The smallest absolute Gasteiger partial charge is 0.0426 e. The van der Waals surface area contributed by atoms with Crippen LogP contribution in [0.25, 0.3) is 0 Å². The maximum Gasteiger partial charge on any atom is 0.0426 e. The van der Waals surface area contributed by atoms with Crippen LogP contribution in [-0.4, -0.2) is 50.2 Å². The first-order valence-corrected chi connectivity index (χ1v) is 8.06. The van der Waals surface area contributed by atoms with Gasteiger partial charge in [-0.3, -0.25) is 4.90 Å². The molecule has 0 spiro atoms. The number of halogens is 1. The lowest BCUT2D eigenvalue weighted by atomic mass is 10.0. The zero-order chi connectivity index (χ0) is 13.9. The summed E-state index contributed by atoms with van der Waals surface area (Å²) in [5.74, 6) is 0.827. The van der Waals surface area contributed by atoms with E-state index in [4.69, 9.17) is 11.6 Å². The SMILES string of the molecule is CC1NCCC1CN1CCN(c2cccc(Cl)c2)CC1. The van der Waals surface area contributed by atoms with Crippen LogP contribution in [0.5, 0.6) is 0 Å².